The van der Waals surface area contributed by atoms with Gasteiger partial charge in [0.25, 0.3) is 5.91 Å². The molecule has 52 heavy (non-hydrogen) atoms. The van der Waals surface area contributed by atoms with Crippen molar-refractivity contribution < 1.29 is 33.3 Å². The van der Waals surface area contributed by atoms with Gasteiger partial charge in [-0.3, -0.25) is 9.59 Å². The van der Waals surface area contributed by atoms with Gasteiger partial charge in [-0.25, -0.2) is 4.79 Å². The third kappa shape index (κ3) is 10.2. The molecule has 0 radical (unpaired) electrons. The highest BCUT2D eigenvalue weighted by molar-refractivity contribution is 6.07. The minimum absolute atomic E-state index is 0.0565. The number of hydrogen-bond acceptors (Lipinski definition) is 7. The van der Waals surface area contributed by atoms with E-state index in [4.69, 9.17) is 18.9 Å². The van der Waals surface area contributed by atoms with Crippen molar-refractivity contribution >= 4 is 23.5 Å². The summed E-state index contributed by atoms with van der Waals surface area (Å²) in [5.41, 5.74) is 5.01. The maximum absolute atomic E-state index is 13.9. The molecule has 0 saturated carbocycles. The second-order valence-corrected chi connectivity index (χ2v) is 11.9. The summed E-state index contributed by atoms with van der Waals surface area (Å²) in [6.45, 7) is 0.559. The number of ether oxygens (including phenoxy) is 4. The Morgan fingerprint density at radius 2 is 0.865 bits per heavy atom. The van der Waals surface area contributed by atoms with Gasteiger partial charge in [-0.2, -0.15) is 0 Å². The van der Waals surface area contributed by atoms with Crippen LogP contribution in [0, 0.1) is 0 Å². The summed E-state index contributed by atoms with van der Waals surface area (Å²) in [6.07, 6.45) is 0.0858. The normalized spacial score (nSPS) is 10.5. The number of nitrogens with one attached hydrogen (secondary N) is 1. The maximum Gasteiger partial charge on any atom is 0.342 e. The molecule has 1 amide bonds. The molecule has 0 unspecified atom stereocenters. The molecule has 260 valence electrons. The standard InChI is InChI=1S/C44H37NO7/c46-42(51-30-35-17-9-3-10-18-35)25-32-21-23-37(24-22-32)45-43(47)38-26-41(50-29-34-15-7-2-8-16-34)39(44(48)52-31-36-19-11-4-12-20-36)27-40(38)49-28-33-13-5-1-6-14-33/h1-24,26-27H,25,28-31H2,(H,45,47). The molecule has 0 aliphatic rings. The Bertz CT molecular complexity index is 2070. The van der Waals surface area contributed by atoms with Crippen molar-refractivity contribution in [3.05, 3.63) is 197 Å². The Balaban J connectivity index is 1.23. The zero-order valence-corrected chi connectivity index (χ0v) is 28.4. The van der Waals surface area contributed by atoms with Gasteiger partial charge in [0.05, 0.1) is 12.0 Å². The number of esters is 2. The monoisotopic (exact) mass is 691 g/mol. The molecule has 0 spiro atoms. The number of carbonyl (C=O) groups is 3. The highest BCUT2D eigenvalue weighted by Crippen LogP contribution is 2.32. The Morgan fingerprint density at radius 1 is 0.442 bits per heavy atom. The van der Waals surface area contributed by atoms with Crippen molar-refractivity contribution in [2.24, 2.45) is 0 Å². The van der Waals surface area contributed by atoms with Gasteiger partial charge in [0.15, 0.2) is 0 Å². The Labute approximate surface area is 302 Å². The van der Waals surface area contributed by atoms with E-state index in [-0.39, 0.29) is 61.4 Å². The van der Waals surface area contributed by atoms with Gasteiger partial charge in [-0.1, -0.05) is 133 Å². The number of rotatable bonds is 15. The molecule has 0 heterocycles. The Hall–Kier alpha value is -6.67. The van der Waals surface area contributed by atoms with Gasteiger partial charge in [0.1, 0.15) is 43.5 Å². The third-order valence-corrected chi connectivity index (χ3v) is 8.04. The smallest absolute Gasteiger partial charge is 0.342 e. The van der Waals surface area contributed by atoms with Crippen LogP contribution in [0.2, 0.25) is 0 Å². The van der Waals surface area contributed by atoms with Crippen molar-refractivity contribution in [2.75, 3.05) is 5.32 Å². The number of benzene rings is 6. The lowest BCUT2D eigenvalue weighted by molar-refractivity contribution is -0.144. The number of amides is 1. The summed E-state index contributed by atoms with van der Waals surface area (Å²) < 4.78 is 23.5. The lowest BCUT2D eigenvalue weighted by Gasteiger charge is -2.18. The molecule has 0 aliphatic carbocycles. The summed E-state index contributed by atoms with van der Waals surface area (Å²) in [6, 6.07) is 47.8. The molecule has 6 rings (SSSR count). The van der Waals surface area contributed by atoms with Gasteiger partial charge >= 0.3 is 11.9 Å². The van der Waals surface area contributed by atoms with Crippen molar-refractivity contribution in [2.45, 2.75) is 32.8 Å². The molecule has 0 fully saturated rings. The lowest BCUT2D eigenvalue weighted by Crippen LogP contribution is -2.16. The van der Waals surface area contributed by atoms with E-state index in [0.29, 0.717) is 5.69 Å². The summed E-state index contributed by atoms with van der Waals surface area (Å²) in [4.78, 5) is 39.9. The molecular weight excluding hydrogens is 654 g/mol. The van der Waals surface area contributed by atoms with Crippen molar-refractivity contribution in [3.8, 4) is 11.5 Å². The second-order valence-electron chi connectivity index (χ2n) is 11.9. The van der Waals surface area contributed by atoms with Crippen LogP contribution in [0.4, 0.5) is 5.69 Å². The second kappa shape index (κ2) is 17.8. The zero-order valence-electron chi connectivity index (χ0n) is 28.4. The summed E-state index contributed by atoms with van der Waals surface area (Å²) in [5.74, 6) is -1.11. The predicted octanol–water partition coefficient (Wildman–Crippen LogP) is 8.74. The molecule has 6 aromatic carbocycles. The van der Waals surface area contributed by atoms with Gasteiger partial charge in [0.2, 0.25) is 0 Å². The quantitative estimate of drug-likeness (QED) is 0.108. The van der Waals surface area contributed by atoms with E-state index in [1.165, 1.54) is 12.1 Å². The SMILES string of the molecule is O=C(Cc1ccc(NC(=O)c2cc(OCc3ccccc3)c(C(=O)OCc3ccccc3)cc2OCc2ccccc2)cc1)OCc1ccccc1. The zero-order chi connectivity index (χ0) is 36.0. The molecule has 8 nitrogen and oxygen atoms in total. The lowest BCUT2D eigenvalue weighted by atomic mass is 10.1. The van der Waals surface area contributed by atoms with Gasteiger partial charge < -0.3 is 24.3 Å². The van der Waals surface area contributed by atoms with Crippen LogP contribution in [0.15, 0.2) is 158 Å². The van der Waals surface area contributed by atoms with Gasteiger partial charge in [-0.05, 0) is 52.1 Å². The minimum atomic E-state index is -0.624. The van der Waals surface area contributed by atoms with Crippen LogP contribution in [0.1, 0.15) is 48.5 Å². The molecule has 8 heteroatoms. The van der Waals surface area contributed by atoms with E-state index in [0.717, 1.165) is 27.8 Å². The summed E-state index contributed by atoms with van der Waals surface area (Å²) >= 11 is 0. The molecule has 0 atom stereocenters. The maximum atomic E-state index is 13.9. The minimum Gasteiger partial charge on any atom is -0.488 e. The highest BCUT2D eigenvalue weighted by Gasteiger charge is 2.23. The van der Waals surface area contributed by atoms with E-state index >= 15 is 0 Å². The topological polar surface area (TPSA) is 100 Å². The van der Waals surface area contributed by atoms with Crippen molar-refractivity contribution in [3.63, 3.8) is 0 Å². The van der Waals surface area contributed by atoms with E-state index < -0.39 is 11.9 Å². The summed E-state index contributed by atoms with van der Waals surface area (Å²) in [5, 5.41) is 2.91. The molecular formula is C44H37NO7. The van der Waals surface area contributed by atoms with Crippen LogP contribution in [-0.4, -0.2) is 17.8 Å². The van der Waals surface area contributed by atoms with Crippen molar-refractivity contribution in [1.29, 1.82) is 0 Å². The van der Waals surface area contributed by atoms with E-state index in [1.807, 2.05) is 121 Å². The van der Waals surface area contributed by atoms with E-state index in [2.05, 4.69) is 5.32 Å². The molecule has 0 bridgehead atoms. The first-order chi connectivity index (χ1) is 25.5. The van der Waals surface area contributed by atoms with Crippen LogP contribution >= 0.6 is 0 Å². The van der Waals surface area contributed by atoms with Crippen LogP contribution in [0.5, 0.6) is 11.5 Å². The molecule has 0 aromatic heterocycles. The first-order valence-electron chi connectivity index (χ1n) is 16.8. The van der Waals surface area contributed by atoms with Gasteiger partial charge in [-0.15, -0.1) is 0 Å². The van der Waals surface area contributed by atoms with Gasteiger partial charge in [0, 0.05) is 5.69 Å². The fraction of sp³-hybridized carbons (Fsp3) is 0.114. The van der Waals surface area contributed by atoms with Crippen molar-refractivity contribution in [1.82, 2.24) is 0 Å². The number of carbonyl (C=O) groups excluding carboxylic acids is 3. The fourth-order valence-electron chi connectivity index (χ4n) is 5.27. The van der Waals surface area contributed by atoms with Crippen LogP contribution in [0.25, 0.3) is 0 Å². The van der Waals surface area contributed by atoms with E-state index in [1.54, 1.807) is 24.3 Å². The van der Waals surface area contributed by atoms with Crippen LogP contribution < -0.4 is 14.8 Å². The largest absolute Gasteiger partial charge is 0.488 e. The fourth-order valence-corrected chi connectivity index (χ4v) is 5.27. The average Bonchev–Trinajstić information content (AvgIpc) is 3.19. The molecule has 1 N–H and O–H groups in total. The Kier molecular flexibility index (Phi) is 12.1. The first-order valence-corrected chi connectivity index (χ1v) is 16.8. The van der Waals surface area contributed by atoms with Crippen LogP contribution in [0.3, 0.4) is 0 Å². The highest BCUT2D eigenvalue weighted by atomic mass is 16.5. The number of hydrogen-bond donors (Lipinski definition) is 1. The first kappa shape index (κ1) is 35.2. The predicted molar refractivity (Wildman–Crippen MR) is 198 cm³/mol. The van der Waals surface area contributed by atoms with E-state index in [9.17, 15) is 14.4 Å². The molecule has 0 saturated heterocycles. The summed E-state index contributed by atoms with van der Waals surface area (Å²) in [7, 11) is 0. The molecule has 6 aromatic rings. The third-order valence-electron chi connectivity index (χ3n) is 8.04. The Morgan fingerprint density at radius 3 is 1.37 bits per heavy atom. The number of anilines is 1. The van der Waals surface area contributed by atoms with Crippen LogP contribution in [-0.2, 0) is 47.1 Å². The average molecular weight is 692 g/mol. The molecule has 0 aliphatic heterocycles.